The maximum atomic E-state index is 13.8. The number of Topliss-reactive ketones (excluding diaryl/α,β-unsaturated/α-hetero) is 1. The van der Waals surface area contributed by atoms with Gasteiger partial charge in [-0.05, 0) is 100 Å². The topological polar surface area (TPSA) is 60.9 Å². The summed E-state index contributed by atoms with van der Waals surface area (Å²) in [6, 6.07) is 0.193. The van der Waals surface area contributed by atoms with E-state index in [1.807, 2.05) is 4.90 Å². The van der Waals surface area contributed by atoms with Crippen LogP contribution < -0.4 is 0 Å². The lowest BCUT2D eigenvalue weighted by Crippen LogP contribution is -2.65. The van der Waals surface area contributed by atoms with Crippen LogP contribution in [0.4, 0.5) is 0 Å². The number of carbonyl (C=O) groups is 2. The van der Waals surface area contributed by atoms with E-state index in [9.17, 15) is 14.7 Å². The van der Waals surface area contributed by atoms with Gasteiger partial charge in [0.25, 0.3) is 0 Å². The molecule has 11 atom stereocenters. The van der Waals surface area contributed by atoms with E-state index in [-0.39, 0.29) is 40.7 Å². The molecule has 4 aliphatic carbocycles. The van der Waals surface area contributed by atoms with Gasteiger partial charge < -0.3 is 14.9 Å². The Kier molecular flexibility index (Phi) is 6.04. The highest BCUT2D eigenvalue weighted by Gasteiger charge is 2.64. The number of hydrogen-bond acceptors (Lipinski definition) is 4. The molecule has 0 aromatic rings. The molecule has 0 bridgehead atoms. The summed E-state index contributed by atoms with van der Waals surface area (Å²) in [6.07, 6.45) is 7.05. The summed E-state index contributed by atoms with van der Waals surface area (Å²) >= 11 is 0. The van der Waals surface area contributed by atoms with E-state index in [4.69, 9.17) is 0 Å². The van der Waals surface area contributed by atoms with E-state index < -0.39 is 0 Å². The number of nitrogens with zero attached hydrogens (tertiary/aromatic N) is 2. The molecular weight excluding hydrogens is 424 g/mol. The van der Waals surface area contributed by atoms with Crippen molar-refractivity contribution < 1.29 is 14.7 Å². The number of hydrogen-bond donors (Lipinski definition) is 1. The van der Waals surface area contributed by atoms with E-state index in [0.29, 0.717) is 41.4 Å². The van der Waals surface area contributed by atoms with Crippen molar-refractivity contribution in [2.75, 3.05) is 20.6 Å². The Bertz CT molecular complexity index is 841. The molecule has 0 aromatic heterocycles. The molecule has 5 nitrogen and oxygen atoms in total. The van der Waals surface area contributed by atoms with Crippen LogP contribution in [0, 0.1) is 52.3 Å². The van der Waals surface area contributed by atoms with Crippen molar-refractivity contribution in [2.45, 2.75) is 97.8 Å². The normalized spacial score (nSPS) is 49.5. The second-order valence-electron chi connectivity index (χ2n) is 13.9. The Morgan fingerprint density at radius 3 is 2.26 bits per heavy atom. The van der Waals surface area contributed by atoms with Gasteiger partial charge in [0.15, 0.2) is 5.78 Å². The lowest BCUT2D eigenvalue weighted by Gasteiger charge is -2.61. The SMILES string of the molecule is CC(C)[C@@H]1CN([C@H]2CC[C@@]3(C)[C@@H](CC[C@@H]4[C@@H]3CC[C@]3(C)[C@@H]([C@H](C)N(C)C)[C@@H](O)C[C@@H]43)C2=O)C1=O. The Balaban J connectivity index is 1.35. The molecule has 5 fully saturated rings. The number of amides is 1. The van der Waals surface area contributed by atoms with Crippen LogP contribution in [0.15, 0.2) is 0 Å². The van der Waals surface area contributed by atoms with Gasteiger partial charge in [-0.2, -0.15) is 0 Å². The molecule has 192 valence electrons. The van der Waals surface area contributed by atoms with Crippen molar-refractivity contribution >= 4 is 11.7 Å². The van der Waals surface area contributed by atoms with Gasteiger partial charge in [0.2, 0.25) is 5.91 Å². The van der Waals surface area contributed by atoms with E-state index >= 15 is 0 Å². The quantitative estimate of drug-likeness (QED) is 0.622. The third-order valence-electron chi connectivity index (χ3n) is 12.1. The van der Waals surface area contributed by atoms with Gasteiger partial charge in [0, 0.05) is 24.4 Å². The van der Waals surface area contributed by atoms with Crippen molar-refractivity contribution in [3.8, 4) is 0 Å². The number of carbonyl (C=O) groups excluding carboxylic acids is 2. The fourth-order valence-corrected chi connectivity index (χ4v) is 9.92. The van der Waals surface area contributed by atoms with Crippen LogP contribution in [-0.4, -0.2) is 65.4 Å². The van der Waals surface area contributed by atoms with E-state index in [1.165, 1.54) is 12.8 Å². The second kappa shape index (κ2) is 8.30. The summed E-state index contributed by atoms with van der Waals surface area (Å²) in [5.74, 6) is 3.22. The molecule has 1 saturated heterocycles. The van der Waals surface area contributed by atoms with Crippen LogP contribution in [0.1, 0.15) is 79.6 Å². The highest BCUT2D eigenvalue weighted by Crippen LogP contribution is 2.67. The summed E-state index contributed by atoms with van der Waals surface area (Å²) in [6.45, 7) is 12.2. The summed E-state index contributed by atoms with van der Waals surface area (Å²) in [4.78, 5) is 30.8. The number of β-lactam (4-membered cyclic amide) rings is 1. The second-order valence-corrected chi connectivity index (χ2v) is 13.9. The maximum Gasteiger partial charge on any atom is 0.228 e. The molecule has 0 spiro atoms. The summed E-state index contributed by atoms with van der Waals surface area (Å²) in [5, 5.41) is 11.2. The smallest absolute Gasteiger partial charge is 0.228 e. The fraction of sp³-hybridized carbons (Fsp3) is 0.931. The minimum atomic E-state index is -0.222. The average molecular weight is 473 g/mol. The standard InChI is InChI=1S/C29H48N2O3/c1-16(2)19-15-31(27(19)34)23-11-13-28(4)20-10-12-29(5)22(18(20)8-9-21(28)26(23)33)14-24(32)25(29)17(3)30(6)7/h16-25,32H,8-15H2,1-7H3/t17-,18+,19-,20-,21-,22-,23-,24-,25-,28+,29-/m0/s1. The molecule has 0 aromatic carbocycles. The monoisotopic (exact) mass is 472 g/mol. The first-order chi connectivity index (χ1) is 15.9. The third kappa shape index (κ3) is 3.31. The first kappa shape index (κ1) is 24.7. The number of aliphatic hydroxyl groups excluding tert-OH is 1. The van der Waals surface area contributed by atoms with Crippen LogP contribution in [0.2, 0.25) is 0 Å². The van der Waals surface area contributed by atoms with E-state index in [2.05, 4.69) is 53.6 Å². The number of ketones is 1. The predicted molar refractivity (Wildman–Crippen MR) is 134 cm³/mol. The van der Waals surface area contributed by atoms with Crippen LogP contribution in [0.3, 0.4) is 0 Å². The van der Waals surface area contributed by atoms with Crippen molar-refractivity contribution in [1.82, 2.24) is 9.80 Å². The zero-order chi connectivity index (χ0) is 24.7. The number of fused-ring (bicyclic) bond motifs is 5. The van der Waals surface area contributed by atoms with Gasteiger partial charge in [-0.1, -0.05) is 27.7 Å². The predicted octanol–water partition coefficient (Wildman–Crippen LogP) is 4.23. The van der Waals surface area contributed by atoms with Crippen LogP contribution in [-0.2, 0) is 9.59 Å². The largest absolute Gasteiger partial charge is 0.393 e. The van der Waals surface area contributed by atoms with E-state index in [1.54, 1.807) is 0 Å². The molecule has 5 heteroatoms. The average Bonchev–Trinajstić information content (AvgIpc) is 3.03. The zero-order valence-electron chi connectivity index (χ0n) is 22.6. The molecular formula is C29H48N2O3. The van der Waals surface area contributed by atoms with Gasteiger partial charge in [-0.15, -0.1) is 0 Å². The van der Waals surface area contributed by atoms with Gasteiger partial charge in [-0.25, -0.2) is 0 Å². The molecule has 34 heavy (non-hydrogen) atoms. The van der Waals surface area contributed by atoms with Gasteiger partial charge in [-0.3, -0.25) is 9.59 Å². The summed E-state index contributed by atoms with van der Waals surface area (Å²) < 4.78 is 0. The van der Waals surface area contributed by atoms with Crippen molar-refractivity contribution in [3.05, 3.63) is 0 Å². The first-order valence-electron chi connectivity index (χ1n) is 14.1. The zero-order valence-corrected chi connectivity index (χ0v) is 22.6. The third-order valence-corrected chi connectivity index (χ3v) is 12.1. The van der Waals surface area contributed by atoms with Crippen LogP contribution in [0.5, 0.6) is 0 Å². The lowest BCUT2D eigenvalue weighted by atomic mass is 9.44. The van der Waals surface area contributed by atoms with Crippen molar-refractivity contribution in [2.24, 2.45) is 52.3 Å². The summed E-state index contributed by atoms with van der Waals surface area (Å²) in [7, 11) is 4.28. The van der Waals surface area contributed by atoms with E-state index in [0.717, 1.165) is 38.6 Å². The molecule has 0 radical (unpaired) electrons. The fourth-order valence-electron chi connectivity index (χ4n) is 9.92. The van der Waals surface area contributed by atoms with Crippen molar-refractivity contribution in [1.29, 1.82) is 0 Å². The Morgan fingerprint density at radius 2 is 1.65 bits per heavy atom. The van der Waals surface area contributed by atoms with Crippen molar-refractivity contribution in [3.63, 3.8) is 0 Å². The maximum absolute atomic E-state index is 13.8. The van der Waals surface area contributed by atoms with Crippen LogP contribution in [0.25, 0.3) is 0 Å². The minimum absolute atomic E-state index is 0.0550. The Labute approximate surface area is 207 Å². The molecule has 0 unspecified atom stereocenters. The molecule has 4 saturated carbocycles. The van der Waals surface area contributed by atoms with Crippen LogP contribution >= 0.6 is 0 Å². The lowest BCUT2D eigenvalue weighted by molar-refractivity contribution is -0.171. The Morgan fingerprint density at radius 1 is 0.971 bits per heavy atom. The highest BCUT2D eigenvalue weighted by molar-refractivity contribution is 5.95. The molecule has 5 rings (SSSR count). The molecule has 1 aliphatic heterocycles. The number of rotatable bonds is 4. The number of aliphatic hydroxyl groups is 1. The van der Waals surface area contributed by atoms with Gasteiger partial charge in [0.1, 0.15) is 0 Å². The molecule has 1 heterocycles. The van der Waals surface area contributed by atoms with Gasteiger partial charge in [0.05, 0.1) is 18.1 Å². The molecule has 1 N–H and O–H groups in total. The van der Waals surface area contributed by atoms with Gasteiger partial charge >= 0.3 is 0 Å². The summed E-state index contributed by atoms with van der Waals surface area (Å²) in [5.41, 5.74) is 0.240. The molecule has 1 amide bonds. The Hall–Kier alpha value is -0.940. The highest BCUT2D eigenvalue weighted by atomic mass is 16.3. The first-order valence-corrected chi connectivity index (χ1v) is 14.1. The molecule has 5 aliphatic rings. The minimum Gasteiger partial charge on any atom is -0.393 e. The number of likely N-dealkylation sites (tertiary alicyclic amines) is 1.